The van der Waals surface area contributed by atoms with Gasteiger partial charge in [0.25, 0.3) is 0 Å². The van der Waals surface area contributed by atoms with Crippen LogP contribution in [0.25, 0.3) is 0 Å². The molecule has 1 saturated heterocycles. The van der Waals surface area contributed by atoms with Gasteiger partial charge in [0.1, 0.15) is 0 Å². The third kappa shape index (κ3) is 1.91. The molecule has 0 aromatic carbocycles. The zero-order valence-corrected chi connectivity index (χ0v) is 7.89. The molecular weight excluding hydrogens is 178 g/mol. The quantitative estimate of drug-likeness (QED) is 0.667. The Morgan fingerprint density at radius 3 is 2.75 bits per heavy atom. The number of fused-ring (bicyclic) bond motifs is 1. The average Bonchev–Trinajstić information content (AvgIpc) is 2.50. The second-order valence-electron chi connectivity index (χ2n) is 3.33. The lowest BCUT2D eigenvalue weighted by molar-refractivity contribution is -0.163. The van der Waals surface area contributed by atoms with Crippen LogP contribution < -0.4 is 5.73 Å². The Labute approximate surface area is 79.0 Å². The smallest absolute Gasteiger partial charge is 0.0935 e. The molecule has 0 spiro atoms. The van der Waals surface area contributed by atoms with E-state index in [-0.39, 0.29) is 18.5 Å². The summed E-state index contributed by atoms with van der Waals surface area (Å²) in [6, 6.07) is 0. The number of nitrogens with two attached hydrogens (primary N) is 1. The molecule has 2 N–H and O–H groups in total. The van der Waals surface area contributed by atoms with Gasteiger partial charge >= 0.3 is 0 Å². The Morgan fingerprint density at radius 1 is 1.25 bits per heavy atom. The molecule has 2 aliphatic rings. The topological polar surface area (TPSA) is 44.5 Å². The van der Waals surface area contributed by atoms with Crippen LogP contribution >= 0.6 is 12.4 Å². The zero-order chi connectivity index (χ0) is 7.68. The highest BCUT2D eigenvalue weighted by Gasteiger charge is 2.34. The van der Waals surface area contributed by atoms with Crippen molar-refractivity contribution in [3.05, 3.63) is 0 Å². The average molecular weight is 194 g/mol. The fourth-order valence-corrected chi connectivity index (χ4v) is 1.88. The fraction of sp³-hybridized carbons (Fsp3) is 1.00. The Kier molecular flexibility index (Phi) is 3.77. The summed E-state index contributed by atoms with van der Waals surface area (Å²) < 4.78 is 11.3. The molecule has 0 aromatic heterocycles. The number of halogens is 1. The van der Waals surface area contributed by atoms with E-state index in [1.165, 1.54) is 12.8 Å². The van der Waals surface area contributed by atoms with Crippen LogP contribution in [0.15, 0.2) is 0 Å². The molecule has 3 atom stereocenters. The number of hydrogen-bond acceptors (Lipinski definition) is 3. The summed E-state index contributed by atoms with van der Waals surface area (Å²) in [5.74, 6) is 0. The molecule has 72 valence electrons. The van der Waals surface area contributed by atoms with Crippen LogP contribution in [0.3, 0.4) is 0 Å². The summed E-state index contributed by atoms with van der Waals surface area (Å²) >= 11 is 0. The molecule has 2 rings (SSSR count). The second-order valence-corrected chi connectivity index (χ2v) is 3.33. The van der Waals surface area contributed by atoms with Crippen molar-refractivity contribution in [3.8, 4) is 0 Å². The van der Waals surface area contributed by atoms with Gasteiger partial charge in [-0.1, -0.05) is 0 Å². The minimum Gasteiger partial charge on any atom is -0.373 e. The van der Waals surface area contributed by atoms with Crippen molar-refractivity contribution in [1.29, 1.82) is 0 Å². The highest BCUT2D eigenvalue weighted by molar-refractivity contribution is 5.85. The summed E-state index contributed by atoms with van der Waals surface area (Å²) in [4.78, 5) is 0. The molecule has 0 aromatic rings. The lowest BCUT2D eigenvalue weighted by Gasteiger charge is -2.32. The van der Waals surface area contributed by atoms with E-state index in [1.54, 1.807) is 0 Å². The van der Waals surface area contributed by atoms with Crippen molar-refractivity contribution < 1.29 is 9.47 Å². The van der Waals surface area contributed by atoms with Gasteiger partial charge in [0.2, 0.25) is 0 Å². The zero-order valence-electron chi connectivity index (χ0n) is 7.07. The molecule has 3 unspecified atom stereocenters. The Morgan fingerprint density at radius 2 is 2.00 bits per heavy atom. The maximum atomic E-state index is 5.71. The molecular formula is C8H16ClNO2. The first-order valence-corrected chi connectivity index (χ1v) is 4.37. The van der Waals surface area contributed by atoms with E-state index >= 15 is 0 Å². The SMILES string of the molecule is Cl.NCC1COC2CCCC2O1. The number of rotatable bonds is 1. The van der Waals surface area contributed by atoms with Crippen molar-refractivity contribution in [3.63, 3.8) is 0 Å². The van der Waals surface area contributed by atoms with Gasteiger partial charge in [0, 0.05) is 6.54 Å². The number of ether oxygens (including phenoxy) is 2. The predicted octanol–water partition coefficient (Wildman–Crippen LogP) is 0.703. The van der Waals surface area contributed by atoms with Crippen LogP contribution in [-0.2, 0) is 9.47 Å². The standard InChI is InChI=1S/C8H15NO2.ClH/c9-4-6-5-10-7-2-1-3-8(7)11-6;/h6-8H,1-5,9H2;1H. The molecule has 2 fully saturated rings. The lowest BCUT2D eigenvalue weighted by Crippen LogP contribution is -2.43. The van der Waals surface area contributed by atoms with E-state index in [4.69, 9.17) is 15.2 Å². The molecule has 1 aliphatic carbocycles. The monoisotopic (exact) mass is 193 g/mol. The third-order valence-electron chi connectivity index (χ3n) is 2.52. The summed E-state index contributed by atoms with van der Waals surface area (Å²) in [7, 11) is 0. The maximum absolute atomic E-state index is 5.71. The van der Waals surface area contributed by atoms with Gasteiger partial charge in [0.05, 0.1) is 24.9 Å². The summed E-state index contributed by atoms with van der Waals surface area (Å²) in [5, 5.41) is 0. The van der Waals surface area contributed by atoms with E-state index < -0.39 is 0 Å². The van der Waals surface area contributed by atoms with Crippen LogP contribution in [0.5, 0.6) is 0 Å². The minimum atomic E-state index is 0. The first-order valence-electron chi connectivity index (χ1n) is 4.37. The molecule has 1 saturated carbocycles. The number of hydrogen-bond donors (Lipinski definition) is 1. The molecule has 3 nitrogen and oxygen atoms in total. The van der Waals surface area contributed by atoms with Gasteiger partial charge < -0.3 is 15.2 Å². The van der Waals surface area contributed by atoms with Crippen molar-refractivity contribution in [2.24, 2.45) is 5.73 Å². The first kappa shape index (κ1) is 10.3. The van der Waals surface area contributed by atoms with Gasteiger partial charge in [-0.05, 0) is 19.3 Å². The summed E-state index contributed by atoms with van der Waals surface area (Å²) in [6.07, 6.45) is 4.43. The largest absolute Gasteiger partial charge is 0.373 e. The lowest BCUT2D eigenvalue weighted by atomic mass is 10.2. The molecule has 1 aliphatic heterocycles. The molecule has 0 bridgehead atoms. The van der Waals surface area contributed by atoms with Crippen molar-refractivity contribution >= 4 is 12.4 Å². The molecule has 4 heteroatoms. The fourth-order valence-electron chi connectivity index (χ4n) is 1.88. The highest BCUT2D eigenvalue weighted by atomic mass is 35.5. The molecule has 12 heavy (non-hydrogen) atoms. The van der Waals surface area contributed by atoms with E-state index in [2.05, 4.69) is 0 Å². The van der Waals surface area contributed by atoms with E-state index in [0.717, 1.165) is 6.42 Å². The van der Waals surface area contributed by atoms with Gasteiger partial charge in [-0.15, -0.1) is 12.4 Å². The van der Waals surface area contributed by atoms with Crippen molar-refractivity contribution in [2.45, 2.75) is 37.6 Å². The van der Waals surface area contributed by atoms with Crippen LogP contribution in [-0.4, -0.2) is 31.5 Å². The van der Waals surface area contributed by atoms with Gasteiger partial charge in [-0.25, -0.2) is 0 Å². The third-order valence-corrected chi connectivity index (χ3v) is 2.52. The Balaban J connectivity index is 0.000000720. The maximum Gasteiger partial charge on any atom is 0.0935 e. The second kappa shape index (κ2) is 4.42. The van der Waals surface area contributed by atoms with Crippen LogP contribution in [0.4, 0.5) is 0 Å². The van der Waals surface area contributed by atoms with Crippen molar-refractivity contribution in [2.75, 3.05) is 13.2 Å². The van der Waals surface area contributed by atoms with E-state index in [9.17, 15) is 0 Å². The van der Waals surface area contributed by atoms with E-state index in [0.29, 0.717) is 25.4 Å². The minimum absolute atomic E-state index is 0. The predicted molar refractivity (Wildman–Crippen MR) is 48.6 cm³/mol. The van der Waals surface area contributed by atoms with Gasteiger partial charge in [-0.3, -0.25) is 0 Å². The van der Waals surface area contributed by atoms with E-state index in [1.807, 2.05) is 0 Å². The Bertz CT molecular complexity index is 145. The highest BCUT2D eigenvalue weighted by Crippen LogP contribution is 2.29. The first-order chi connectivity index (χ1) is 5.40. The Hall–Kier alpha value is 0.170. The summed E-state index contributed by atoms with van der Waals surface area (Å²) in [6.45, 7) is 1.28. The van der Waals surface area contributed by atoms with Crippen molar-refractivity contribution in [1.82, 2.24) is 0 Å². The molecule has 0 radical (unpaired) electrons. The van der Waals surface area contributed by atoms with Gasteiger partial charge in [-0.2, -0.15) is 0 Å². The van der Waals surface area contributed by atoms with Gasteiger partial charge in [0.15, 0.2) is 0 Å². The summed E-state index contributed by atoms with van der Waals surface area (Å²) in [5.41, 5.74) is 5.48. The normalized spacial score (nSPS) is 40.2. The molecule has 0 amide bonds. The van der Waals surface area contributed by atoms with Crippen LogP contribution in [0.1, 0.15) is 19.3 Å². The molecule has 1 heterocycles. The van der Waals surface area contributed by atoms with Crippen LogP contribution in [0.2, 0.25) is 0 Å². The van der Waals surface area contributed by atoms with Crippen LogP contribution in [0, 0.1) is 0 Å².